The van der Waals surface area contributed by atoms with Gasteiger partial charge in [0.25, 0.3) is 0 Å². The predicted octanol–water partition coefficient (Wildman–Crippen LogP) is -1.76. The quantitative estimate of drug-likeness (QED) is 0.0924. The molecule has 0 aliphatic carbocycles. The van der Waals surface area contributed by atoms with Crippen LogP contribution in [0.2, 0.25) is 0 Å². The number of carbonyl (C=O) groups is 4. The Hall–Kier alpha value is -2.89. The van der Waals surface area contributed by atoms with Crippen LogP contribution in [0.25, 0.3) is 0 Å². The Kier molecular flexibility index (Phi) is 12.9. The van der Waals surface area contributed by atoms with E-state index in [0.29, 0.717) is 12.8 Å². The molecule has 0 aromatic carbocycles. The number of nitrogens with one attached hydrogen (secondary N) is 3. The SMILES string of the molecule is CCC(C)C(NC(=O)CNC(=O)C(N)C(C)C)C(=O)NC(CCCN=C(N)N)C(=O)O. The van der Waals surface area contributed by atoms with E-state index in [4.69, 9.17) is 17.2 Å². The van der Waals surface area contributed by atoms with E-state index >= 15 is 0 Å². The van der Waals surface area contributed by atoms with Crippen LogP contribution in [0.1, 0.15) is 47.0 Å². The molecule has 0 spiro atoms. The van der Waals surface area contributed by atoms with E-state index in [-0.39, 0.29) is 37.3 Å². The van der Waals surface area contributed by atoms with Crippen LogP contribution in [0, 0.1) is 11.8 Å². The maximum atomic E-state index is 12.7. The van der Waals surface area contributed by atoms with Crippen LogP contribution in [0.4, 0.5) is 0 Å². The number of aliphatic carboxylic acids is 1. The first-order valence-corrected chi connectivity index (χ1v) is 10.3. The third-order valence-electron chi connectivity index (χ3n) is 4.82. The lowest BCUT2D eigenvalue weighted by Gasteiger charge is -2.25. The number of carboxylic acids is 1. The molecule has 0 saturated heterocycles. The van der Waals surface area contributed by atoms with Crippen molar-refractivity contribution in [2.75, 3.05) is 13.1 Å². The van der Waals surface area contributed by atoms with Crippen molar-refractivity contribution in [3.05, 3.63) is 0 Å². The van der Waals surface area contributed by atoms with Gasteiger partial charge in [-0.1, -0.05) is 34.1 Å². The zero-order chi connectivity index (χ0) is 24.1. The van der Waals surface area contributed by atoms with E-state index in [0.717, 1.165) is 0 Å². The Labute approximate surface area is 182 Å². The Morgan fingerprint density at radius 2 is 1.65 bits per heavy atom. The fourth-order valence-electron chi connectivity index (χ4n) is 2.54. The Morgan fingerprint density at radius 3 is 2.13 bits per heavy atom. The molecule has 3 amide bonds. The monoisotopic (exact) mass is 443 g/mol. The molecular formula is C19H37N7O5. The van der Waals surface area contributed by atoms with Gasteiger partial charge in [-0.15, -0.1) is 0 Å². The standard InChI is InChI=1S/C19H37N7O5/c1-5-11(4)15(26-13(27)9-24-16(28)14(20)10(2)3)17(29)25-12(18(30)31)7-6-8-23-19(21)22/h10-12,14-15H,5-9,20H2,1-4H3,(H,24,28)(H,25,29)(H,26,27)(H,30,31)(H4,21,22,23). The van der Waals surface area contributed by atoms with E-state index in [2.05, 4.69) is 20.9 Å². The van der Waals surface area contributed by atoms with Crippen LogP contribution >= 0.6 is 0 Å². The first-order chi connectivity index (χ1) is 14.4. The molecule has 0 aromatic heterocycles. The molecule has 12 heteroatoms. The van der Waals surface area contributed by atoms with E-state index in [9.17, 15) is 24.3 Å². The maximum Gasteiger partial charge on any atom is 0.326 e. The van der Waals surface area contributed by atoms with E-state index in [1.807, 2.05) is 6.92 Å². The molecule has 0 fully saturated rings. The zero-order valence-electron chi connectivity index (χ0n) is 18.7. The predicted molar refractivity (Wildman–Crippen MR) is 117 cm³/mol. The molecule has 31 heavy (non-hydrogen) atoms. The van der Waals surface area contributed by atoms with Crippen molar-refractivity contribution in [2.24, 2.45) is 34.0 Å². The number of hydrogen-bond donors (Lipinski definition) is 7. The van der Waals surface area contributed by atoms with Gasteiger partial charge in [0.2, 0.25) is 17.7 Å². The van der Waals surface area contributed by atoms with Gasteiger partial charge in [0.1, 0.15) is 12.1 Å². The normalized spacial score (nSPS) is 14.6. The van der Waals surface area contributed by atoms with Crippen molar-refractivity contribution in [3.8, 4) is 0 Å². The van der Waals surface area contributed by atoms with Crippen molar-refractivity contribution >= 4 is 29.7 Å². The topological polar surface area (TPSA) is 215 Å². The second-order valence-electron chi connectivity index (χ2n) is 7.77. The minimum Gasteiger partial charge on any atom is -0.480 e. The number of hydrogen-bond acceptors (Lipinski definition) is 6. The molecule has 0 aromatic rings. The number of nitrogens with two attached hydrogens (primary N) is 3. The minimum atomic E-state index is -1.21. The molecule has 0 aliphatic rings. The molecule has 0 aliphatic heterocycles. The lowest BCUT2D eigenvalue weighted by atomic mass is 9.97. The molecule has 0 rings (SSSR count). The highest BCUT2D eigenvalue weighted by atomic mass is 16.4. The maximum absolute atomic E-state index is 12.7. The average Bonchev–Trinajstić information content (AvgIpc) is 2.70. The van der Waals surface area contributed by atoms with Crippen molar-refractivity contribution in [1.82, 2.24) is 16.0 Å². The summed E-state index contributed by atoms with van der Waals surface area (Å²) in [6.45, 7) is 7.04. The average molecular weight is 444 g/mol. The molecule has 0 saturated carbocycles. The van der Waals surface area contributed by atoms with Crippen molar-refractivity contribution < 1.29 is 24.3 Å². The minimum absolute atomic E-state index is 0.0957. The van der Waals surface area contributed by atoms with Crippen LogP contribution in [-0.4, -0.2) is 66.0 Å². The number of carbonyl (C=O) groups excluding carboxylic acids is 3. The summed E-state index contributed by atoms with van der Waals surface area (Å²) < 4.78 is 0. The van der Waals surface area contributed by atoms with Gasteiger partial charge in [-0.25, -0.2) is 4.79 Å². The highest BCUT2D eigenvalue weighted by molar-refractivity contribution is 5.92. The molecule has 0 bridgehead atoms. The van der Waals surface area contributed by atoms with Crippen LogP contribution in [0.15, 0.2) is 4.99 Å². The number of amides is 3. The first kappa shape index (κ1) is 28.1. The smallest absolute Gasteiger partial charge is 0.326 e. The number of aliphatic imine (C=N–C) groups is 1. The fourth-order valence-corrected chi connectivity index (χ4v) is 2.54. The number of guanidine groups is 1. The fraction of sp³-hybridized carbons (Fsp3) is 0.737. The summed E-state index contributed by atoms with van der Waals surface area (Å²) in [6, 6.07) is -2.88. The molecule has 178 valence electrons. The Balaban J connectivity index is 4.97. The Morgan fingerprint density at radius 1 is 1.03 bits per heavy atom. The van der Waals surface area contributed by atoms with Gasteiger partial charge < -0.3 is 38.3 Å². The summed E-state index contributed by atoms with van der Waals surface area (Å²) in [7, 11) is 0. The summed E-state index contributed by atoms with van der Waals surface area (Å²) in [6.07, 6.45) is 1.02. The van der Waals surface area contributed by atoms with Crippen molar-refractivity contribution in [3.63, 3.8) is 0 Å². The molecule has 0 heterocycles. The van der Waals surface area contributed by atoms with E-state index in [1.165, 1.54) is 0 Å². The van der Waals surface area contributed by atoms with E-state index in [1.54, 1.807) is 20.8 Å². The van der Waals surface area contributed by atoms with Crippen molar-refractivity contribution in [2.45, 2.75) is 65.1 Å². The van der Waals surface area contributed by atoms with Crippen LogP contribution in [0.5, 0.6) is 0 Å². The molecule has 12 nitrogen and oxygen atoms in total. The molecular weight excluding hydrogens is 406 g/mol. The molecule has 4 atom stereocenters. The second kappa shape index (κ2) is 14.2. The second-order valence-corrected chi connectivity index (χ2v) is 7.77. The van der Waals surface area contributed by atoms with Gasteiger partial charge in [0.05, 0.1) is 12.6 Å². The summed E-state index contributed by atoms with van der Waals surface area (Å²) in [5.41, 5.74) is 16.2. The van der Waals surface area contributed by atoms with Gasteiger partial charge in [-0.2, -0.15) is 0 Å². The molecule has 0 radical (unpaired) electrons. The van der Waals surface area contributed by atoms with E-state index < -0.39 is 41.8 Å². The Bertz CT molecular complexity index is 650. The number of nitrogens with zero attached hydrogens (tertiary/aromatic N) is 1. The van der Waals surface area contributed by atoms with Gasteiger partial charge in [0, 0.05) is 6.54 Å². The highest BCUT2D eigenvalue weighted by Gasteiger charge is 2.29. The summed E-state index contributed by atoms with van der Waals surface area (Å²) in [4.78, 5) is 52.1. The summed E-state index contributed by atoms with van der Waals surface area (Å²) in [5.74, 6) is -3.35. The third kappa shape index (κ3) is 11.2. The molecule has 4 unspecified atom stereocenters. The zero-order valence-corrected chi connectivity index (χ0v) is 18.7. The van der Waals surface area contributed by atoms with Crippen LogP contribution in [-0.2, 0) is 19.2 Å². The van der Waals surface area contributed by atoms with Gasteiger partial charge in [-0.05, 0) is 24.7 Å². The lowest BCUT2D eigenvalue weighted by molar-refractivity contribution is -0.142. The van der Waals surface area contributed by atoms with Gasteiger partial charge >= 0.3 is 5.97 Å². The van der Waals surface area contributed by atoms with Crippen LogP contribution < -0.4 is 33.2 Å². The van der Waals surface area contributed by atoms with Gasteiger partial charge in [-0.3, -0.25) is 19.4 Å². The summed E-state index contributed by atoms with van der Waals surface area (Å²) >= 11 is 0. The van der Waals surface area contributed by atoms with Crippen LogP contribution in [0.3, 0.4) is 0 Å². The number of rotatable bonds is 14. The largest absolute Gasteiger partial charge is 0.480 e. The van der Waals surface area contributed by atoms with Crippen molar-refractivity contribution in [1.29, 1.82) is 0 Å². The first-order valence-electron chi connectivity index (χ1n) is 10.3. The molecule has 10 N–H and O–H groups in total. The highest BCUT2D eigenvalue weighted by Crippen LogP contribution is 2.09. The number of carboxylic acid groups (broad SMARTS) is 1. The lowest BCUT2D eigenvalue weighted by Crippen LogP contribution is -2.56. The third-order valence-corrected chi connectivity index (χ3v) is 4.82. The van der Waals surface area contributed by atoms with Gasteiger partial charge in [0.15, 0.2) is 5.96 Å². The summed E-state index contributed by atoms with van der Waals surface area (Å²) in [5, 5.41) is 16.8.